The van der Waals surface area contributed by atoms with Crippen molar-refractivity contribution in [1.82, 2.24) is 0 Å². The molecule has 0 aliphatic heterocycles. The van der Waals surface area contributed by atoms with Crippen molar-refractivity contribution in [3.05, 3.63) is 23.3 Å². The molecule has 1 N–H and O–H groups in total. The van der Waals surface area contributed by atoms with E-state index in [4.69, 9.17) is 18.9 Å². The van der Waals surface area contributed by atoms with Gasteiger partial charge in [0.15, 0.2) is 12.2 Å². The summed E-state index contributed by atoms with van der Waals surface area (Å²) in [5.41, 5.74) is 0.246. The molecule has 0 heterocycles. The molecule has 3 aliphatic rings. The van der Waals surface area contributed by atoms with Gasteiger partial charge in [-0.3, -0.25) is 19.2 Å². The summed E-state index contributed by atoms with van der Waals surface area (Å²) >= 11 is 0. The van der Waals surface area contributed by atoms with Crippen molar-refractivity contribution in [3.63, 3.8) is 0 Å². The molecule has 9 nitrogen and oxygen atoms in total. The Kier molecular flexibility index (Phi) is 9.29. The minimum Gasteiger partial charge on any atom is -0.462 e. The van der Waals surface area contributed by atoms with E-state index in [-0.39, 0.29) is 24.2 Å². The van der Waals surface area contributed by atoms with Crippen LogP contribution in [0.1, 0.15) is 88.0 Å². The van der Waals surface area contributed by atoms with Crippen molar-refractivity contribution in [1.29, 1.82) is 0 Å². The summed E-state index contributed by atoms with van der Waals surface area (Å²) in [5.74, 6) is -3.56. The first-order valence-corrected chi connectivity index (χ1v) is 14.3. The number of carbonyl (C=O) groups is 4. The number of ether oxygens (including phenoxy) is 4. The molecule has 40 heavy (non-hydrogen) atoms. The van der Waals surface area contributed by atoms with Crippen molar-refractivity contribution in [2.75, 3.05) is 0 Å². The fourth-order valence-electron chi connectivity index (χ4n) is 7.46. The Morgan fingerprint density at radius 1 is 1.00 bits per heavy atom. The molecule has 224 valence electrons. The molecule has 0 aromatic heterocycles. The van der Waals surface area contributed by atoms with E-state index in [2.05, 4.69) is 6.58 Å². The molecule has 0 saturated heterocycles. The third-order valence-electron chi connectivity index (χ3n) is 9.60. The van der Waals surface area contributed by atoms with Crippen LogP contribution >= 0.6 is 0 Å². The Morgan fingerprint density at radius 3 is 2.10 bits per heavy atom. The van der Waals surface area contributed by atoms with Gasteiger partial charge in [-0.25, -0.2) is 0 Å². The average molecular weight is 563 g/mol. The van der Waals surface area contributed by atoms with Crippen LogP contribution in [0.3, 0.4) is 0 Å². The topological polar surface area (TPSA) is 125 Å². The van der Waals surface area contributed by atoms with Gasteiger partial charge in [-0.15, -0.1) is 0 Å². The maximum atomic E-state index is 13.4. The lowest BCUT2D eigenvalue weighted by atomic mass is 9.48. The smallest absolute Gasteiger partial charge is 0.308 e. The number of aliphatic hydroxyl groups is 1. The zero-order valence-electron chi connectivity index (χ0n) is 25.4. The number of rotatable bonds is 6. The lowest BCUT2D eigenvalue weighted by molar-refractivity contribution is -0.228. The largest absolute Gasteiger partial charge is 0.462 e. The molecule has 2 bridgehead atoms. The van der Waals surface area contributed by atoms with Gasteiger partial charge >= 0.3 is 23.9 Å². The molecule has 9 atom stereocenters. The first-order chi connectivity index (χ1) is 18.5. The van der Waals surface area contributed by atoms with E-state index in [0.29, 0.717) is 24.8 Å². The summed E-state index contributed by atoms with van der Waals surface area (Å²) in [7, 11) is 0. The predicted molar refractivity (Wildman–Crippen MR) is 147 cm³/mol. The number of fused-ring (bicyclic) bond motifs is 3. The Hall–Kier alpha value is -2.68. The number of aliphatic hydroxyl groups excluding tert-OH is 1. The van der Waals surface area contributed by atoms with Gasteiger partial charge in [0.2, 0.25) is 0 Å². The zero-order valence-corrected chi connectivity index (χ0v) is 25.4. The molecule has 0 aromatic carbocycles. The average Bonchev–Trinajstić information content (AvgIpc) is 2.82. The second-order valence-electron chi connectivity index (χ2n) is 12.6. The second kappa shape index (κ2) is 11.7. The maximum absolute atomic E-state index is 13.4. The lowest BCUT2D eigenvalue weighted by Crippen LogP contribution is -2.67. The van der Waals surface area contributed by atoms with Gasteiger partial charge in [0, 0.05) is 39.0 Å². The van der Waals surface area contributed by atoms with Crippen LogP contribution in [0, 0.1) is 28.6 Å². The molecule has 0 spiro atoms. The van der Waals surface area contributed by atoms with E-state index in [0.717, 1.165) is 11.1 Å². The first-order valence-electron chi connectivity index (χ1n) is 14.3. The number of carbonyl (C=O) groups excluding carboxylic acids is 4. The van der Waals surface area contributed by atoms with Crippen LogP contribution in [0.25, 0.3) is 0 Å². The second-order valence-corrected chi connectivity index (χ2v) is 12.6. The molecule has 9 unspecified atom stereocenters. The Bertz CT molecular complexity index is 1090. The Labute approximate surface area is 237 Å². The molecule has 2 saturated carbocycles. The molecule has 3 rings (SSSR count). The fraction of sp³-hybridized carbons (Fsp3) is 0.742. The maximum Gasteiger partial charge on any atom is 0.308 e. The van der Waals surface area contributed by atoms with Gasteiger partial charge in [0.25, 0.3) is 0 Å². The van der Waals surface area contributed by atoms with E-state index in [1.165, 1.54) is 20.8 Å². The van der Waals surface area contributed by atoms with E-state index < -0.39 is 65.2 Å². The number of hydrogen-bond acceptors (Lipinski definition) is 9. The Morgan fingerprint density at radius 2 is 1.57 bits per heavy atom. The summed E-state index contributed by atoms with van der Waals surface area (Å²) in [6, 6.07) is 0. The molecule has 2 fully saturated rings. The monoisotopic (exact) mass is 562 g/mol. The van der Waals surface area contributed by atoms with Gasteiger partial charge in [-0.1, -0.05) is 46.8 Å². The summed E-state index contributed by atoms with van der Waals surface area (Å²) in [5, 5.41) is 11.2. The summed E-state index contributed by atoms with van der Waals surface area (Å²) in [6.45, 7) is 19.6. The summed E-state index contributed by atoms with van der Waals surface area (Å²) < 4.78 is 24.3. The minimum absolute atomic E-state index is 0.00587. The van der Waals surface area contributed by atoms with Crippen LogP contribution < -0.4 is 0 Å². The molecule has 9 heteroatoms. The molecular formula is C31H46O9. The summed E-state index contributed by atoms with van der Waals surface area (Å²) in [4.78, 5) is 51.1. The van der Waals surface area contributed by atoms with Crippen LogP contribution in [0.5, 0.6) is 0 Å². The van der Waals surface area contributed by atoms with Crippen molar-refractivity contribution < 1.29 is 43.2 Å². The molecular weight excluding hydrogens is 516 g/mol. The molecule has 0 radical (unpaired) electrons. The van der Waals surface area contributed by atoms with E-state index >= 15 is 0 Å². The Balaban J connectivity index is 2.44. The van der Waals surface area contributed by atoms with Gasteiger partial charge in [-0.2, -0.15) is 0 Å². The minimum atomic E-state index is -1.29. The highest BCUT2D eigenvalue weighted by atomic mass is 16.6. The van der Waals surface area contributed by atoms with Gasteiger partial charge < -0.3 is 24.1 Å². The third-order valence-corrected chi connectivity index (χ3v) is 9.60. The molecule has 0 amide bonds. The van der Waals surface area contributed by atoms with Crippen molar-refractivity contribution >= 4 is 23.9 Å². The quantitative estimate of drug-likeness (QED) is 0.284. The van der Waals surface area contributed by atoms with Crippen LogP contribution in [-0.2, 0) is 38.1 Å². The molecule has 0 aromatic rings. The van der Waals surface area contributed by atoms with Crippen LogP contribution in [0.15, 0.2) is 23.3 Å². The van der Waals surface area contributed by atoms with Crippen LogP contribution in [-0.4, -0.2) is 59.5 Å². The van der Waals surface area contributed by atoms with E-state index in [1.54, 1.807) is 13.8 Å². The number of hydrogen-bond donors (Lipinski definition) is 1. The number of esters is 4. The van der Waals surface area contributed by atoms with Crippen LogP contribution in [0.2, 0.25) is 0 Å². The highest BCUT2D eigenvalue weighted by Crippen LogP contribution is 2.61. The predicted octanol–water partition coefficient (Wildman–Crippen LogP) is 4.45. The standard InChI is InChI=1S/C31H46O9/c1-11-15(2)29(36)40-26-21-13-12-16(3)24(30(21,8)9)27(38-19(6)33)28(39-20(7)34)31(10)23(37-18(5)32)14-22(35)17(4)25(26)31/h15,21-23,25-28,35H,4,11-14H2,1-3,5-10H3. The molecule has 3 aliphatic carbocycles. The lowest BCUT2D eigenvalue weighted by Gasteiger charge is -2.61. The van der Waals surface area contributed by atoms with Crippen molar-refractivity contribution in [2.45, 2.75) is 119 Å². The van der Waals surface area contributed by atoms with Gasteiger partial charge in [-0.05, 0) is 42.7 Å². The van der Waals surface area contributed by atoms with Crippen molar-refractivity contribution in [3.8, 4) is 0 Å². The first kappa shape index (κ1) is 31.8. The van der Waals surface area contributed by atoms with Crippen LogP contribution in [0.4, 0.5) is 0 Å². The summed E-state index contributed by atoms with van der Waals surface area (Å²) in [6.07, 6.45) is -3.08. The highest BCUT2D eigenvalue weighted by Gasteiger charge is 2.67. The van der Waals surface area contributed by atoms with Gasteiger partial charge in [0.1, 0.15) is 12.2 Å². The van der Waals surface area contributed by atoms with Gasteiger partial charge in [0.05, 0.1) is 17.4 Å². The zero-order chi connectivity index (χ0) is 30.3. The highest BCUT2D eigenvalue weighted by molar-refractivity contribution is 5.72. The van der Waals surface area contributed by atoms with E-state index in [1.807, 2.05) is 27.7 Å². The normalized spacial score (nSPS) is 35.9. The van der Waals surface area contributed by atoms with E-state index in [9.17, 15) is 24.3 Å². The third kappa shape index (κ3) is 5.58. The fourth-order valence-corrected chi connectivity index (χ4v) is 7.46. The van der Waals surface area contributed by atoms with Crippen molar-refractivity contribution in [2.24, 2.45) is 28.6 Å². The number of allylic oxidation sites excluding steroid dienone is 1. The SMILES string of the molecule is C=C1C(O)CC(OC(C)=O)C2(C)C(OC(C)=O)C(OC(C)=O)C3=C(C)CCC(C(OC(=O)C(C)CC)C12)C3(C)C.